The molecule has 0 aliphatic rings. The number of carbonyl (C=O) groups is 1. The monoisotopic (exact) mass is 312 g/mol. The lowest BCUT2D eigenvalue weighted by Gasteiger charge is -2.28. The SMILES string of the molecule is CC(NCc1cccs1)(C(N)=O)c1ccc(F)cc1Cl. The molecule has 0 saturated carbocycles. The number of nitrogens with one attached hydrogen (secondary N) is 1. The van der Waals surface area contributed by atoms with Crippen LogP contribution in [0.3, 0.4) is 0 Å². The van der Waals surface area contributed by atoms with Crippen LogP contribution >= 0.6 is 22.9 Å². The van der Waals surface area contributed by atoms with E-state index in [1.54, 1.807) is 18.3 Å². The first-order valence-corrected chi connectivity index (χ1v) is 7.22. The molecule has 2 rings (SSSR count). The summed E-state index contributed by atoms with van der Waals surface area (Å²) in [5.74, 6) is -1.02. The Morgan fingerprint density at radius 1 is 1.50 bits per heavy atom. The number of hydrogen-bond acceptors (Lipinski definition) is 3. The van der Waals surface area contributed by atoms with Crippen molar-refractivity contribution in [2.75, 3.05) is 0 Å². The third kappa shape index (κ3) is 3.00. The van der Waals surface area contributed by atoms with Gasteiger partial charge < -0.3 is 5.73 Å². The van der Waals surface area contributed by atoms with E-state index in [0.717, 1.165) is 4.88 Å². The number of nitrogens with two attached hydrogens (primary N) is 1. The van der Waals surface area contributed by atoms with Crippen LogP contribution in [0.4, 0.5) is 4.39 Å². The first-order chi connectivity index (χ1) is 9.43. The topological polar surface area (TPSA) is 55.1 Å². The highest BCUT2D eigenvalue weighted by Crippen LogP contribution is 2.29. The van der Waals surface area contributed by atoms with Gasteiger partial charge in [-0.1, -0.05) is 23.7 Å². The minimum atomic E-state index is -1.16. The number of thiophene rings is 1. The Morgan fingerprint density at radius 2 is 2.25 bits per heavy atom. The van der Waals surface area contributed by atoms with Crippen molar-refractivity contribution in [3.05, 3.63) is 57.0 Å². The van der Waals surface area contributed by atoms with E-state index in [9.17, 15) is 9.18 Å². The molecular weight excluding hydrogens is 299 g/mol. The lowest BCUT2D eigenvalue weighted by Crippen LogP contribution is -2.50. The van der Waals surface area contributed by atoms with Crippen molar-refractivity contribution >= 4 is 28.8 Å². The molecule has 3 N–H and O–H groups in total. The summed E-state index contributed by atoms with van der Waals surface area (Å²) in [4.78, 5) is 12.9. The molecule has 20 heavy (non-hydrogen) atoms. The molecule has 3 nitrogen and oxygen atoms in total. The van der Waals surface area contributed by atoms with Gasteiger partial charge in [-0.05, 0) is 30.5 Å². The summed E-state index contributed by atoms with van der Waals surface area (Å²) in [6, 6.07) is 7.78. The van der Waals surface area contributed by atoms with Crippen LogP contribution in [0.5, 0.6) is 0 Å². The molecule has 0 bridgehead atoms. The van der Waals surface area contributed by atoms with Crippen LogP contribution in [0.1, 0.15) is 17.4 Å². The van der Waals surface area contributed by atoms with Crippen LogP contribution in [0.2, 0.25) is 5.02 Å². The molecule has 2 aromatic rings. The summed E-state index contributed by atoms with van der Waals surface area (Å²) in [6.45, 7) is 2.12. The van der Waals surface area contributed by atoms with E-state index in [1.165, 1.54) is 18.2 Å². The number of carbonyl (C=O) groups excluding carboxylic acids is 1. The zero-order valence-electron chi connectivity index (χ0n) is 10.8. The van der Waals surface area contributed by atoms with E-state index in [4.69, 9.17) is 17.3 Å². The zero-order valence-corrected chi connectivity index (χ0v) is 12.4. The summed E-state index contributed by atoms with van der Waals surface area (Å²) in [5.41, 5.74) is 4.80. The second-order valence-corrected chi connectivity index (χ2v) is 5.99. The normalized spacial score (nSPS) is 13.9. The van der Waals surface area contributed by atoms with Gasteiger partial charge in [0.1, 0.15) is 11.4 Å². The van der Waals surface area contributed by atoms with Gasteiger partial charge in [0.25, 0.3) is 0 Å². The minimum absolute atomic E-state index is 0.171. The van der Waals surface area contributed by atoms with Crippen LogP contribution in [0.15, 0.2) is 35.7 Å². The first-order valence-electron chi connectivity index (χ1n) is 5.96. The van der Waals surface area contributed by atoms with E-state index >= 15 is 0 Å². The zero-order chi connectivity index (χ0) is 14.8. The quantitative estimate of drug-likeness (QED) is 0.891. The Hall–Kier alpha value is -1.43. The van der Waals surface area contributed by atoms with Gasteiger partial charge in [0, 0.05) is 22.0 Å². The van der Waals surface area contributed by atoms with E-state index in [0.29, 0.717) is 12.1 Å². The lowest BCUT2D eigenvalue weighted by molar-refractivity contribution is -0.124. The number of rotatable bonds is 5. The van der Waals surface area contributed by atoms with Crippen LogP contribution in [0.25, 0.3) is 0 Å². The molecule has 0 spiro atoms. The van der Waals surface area contributed by atoms with Crippen molar-refractivity contribution in [2.45, 2.75) is 19.0 Å². The molecule has 1 heterocycles. The summed E-state index contributed by atoms with van der Waals surface area (Å²) in [6.07, 6.45) is 0. The van der Waals surface area contributed by atoms with Gasteiger partial charge in [-0.15, -0.1) is 11.3 Å². The number of benzene rings is 1. The van der Waals surface area contributed by atoms with Gasteiger partial charge >= 0.3 is 0 Å². The van der Waals surface area contributed by atoms with Crippen LogP contribution in [0, 0.1) is 5.82 Å². The van der Waals surface area contributed by atoms with Gasteiger partial charge in [-0.2, -0.15) is 0 Å². The standard InChI is InChI=1S/C14H14ClFN2OS/c1-14(13(17)19,18-8-10-3-2-6-20-10)11-5-4-9(16)7-12(11)15/h2-7,18H,8H2,1H3,(H2,17,19). The second-order valence-electron chi connectivity index (χ2n) is 4.55. The van der Waals surface area contributed by atoms with Gasteiger partial charge in [0.2, 0.25) is 5.91 Å². The van der Waals surface area contributed by atoms with Crippen molar-refractivity contribution in [3.8, 4) is 0 Å². The fourth-order valence-electron chi connectivity index (χ4n) is 1.89. The van der Waals surface area contributed by atoms with Crippen molar-refractivity contribution in [2.24, 2.45) is 5.73 Å². The molecule has 1 aromatic heterocycles. The molecule has 1 amide bonds. The Balaban J connectivity index is 2.31. The summed E-state index contributed by atoms with van der Waals surface area (Å²) in [5, 5.41) is 5.22. The third-order valence-electron chi connectivity index (χ3n) is 3.16. The Bertz CT molecular complexity index is 618. The fourth-order valence-corrected chi connectivity index (χ4v) is 2.89. The highest BCUT2D eigenvalue weighted by atomic mass is 35.5. The Kier molecular flexibility index (Phi) is 4.42. The summed E-state index contributed by atoms with van der Waals surface area (Å²) < 4.78 is 13.1. The van der Waals surface area contributed by atoms with Crippen molar-refractivity contribution in [1.82, 2.24) is 5.32 Å². The highest BCUT2D eigenvalue weighted by Gasteiger charge is 2.34. The van der Waals surface area contributed by atoms with E-state index in [-0.39, 0.29) is 5.02 Å². The third-order valence-corrected chi connectivity index (χ3v) is 4.35. The lowest BCUT2D eigenvalue weighted by atomic mass is 9.91. The second kappa shape index (κ2) is 5.91. The molecule has 1 aromatic carbocycles. The molecule has 1 atom stereocenters. The maximum Gasteiger partial charge on any atom is 0.242 e. The molecule has 0 saturated heterocycles. The summed E-state index contributed by atoms with van der Waals surface area (Å²) >= 11 is 7.60. The van der Waals surface area contributed by atoms with Crippen LogP contribution < -0.4 is 11.1 Å². The fraction of sp³-hybridized carbons (Fsp3) is 0.214. The van der Waals surface area contributed by atoms with E-state index in [1.807, 2.05) is 17.5 Å². The molecule has 0 radical (unpaired) electrons. The minimum Gasteiger partial charge on any atom is -0.368 e. The average Bonchev–Trinajstić information content (AvgIpc) is 2.88. The van der Waals surface area contributed by atoms with Crippen molar-refractivity contribution in [3.63, 3.8) is 0 Å². The first kappa shape index (κ1) is 15.0. The molecule has 0 aliphatic heterocycles. The van der Waals surface area contributed by atoms with Crippen LogP contribution in [-0.4, -0.2) is 5.91 Å². The van der Waals surface area contributed by atoms with Crippen LogP contribution in [-0.2, 0) is 16.9 Å². The maximum atomic E-state index is 13.1. The number of primary amides is 1. The largest absolute Gasteiger partial charge is 0.368 e. The van der Waals surface area contributed by atoms with Gasteiger partial charge in [-0.25, -0.2) is 4.39 Å². The molecule has 0 fully saturated rings. The molecule has 106 valence electrons. The molecular formula is C14H14ClFN2OS. The maximum absolute atomic E-state index is 13.1. The molecule has 0 aliphatic carbocycles. The van der Waals surface area contributed by atoms with Crippen molar-refractivity contribution < 1.29 is 9.18 Å². The highest BCUT2D eigenvalue weighted by molar-refractivity contribution is 7.09. The van der Waals surface area contributed by atoms with E-state index < -0.39 is 17.3 Å². The summed E-state index contributed by atoms with van der Waals surface area (Å²) in [7, 11) is 0. The van der Waals surface area contributed by atoms with Crippen molar-refractivity contribution in [1.29, 1.82) is 0 Å². The molecule has 1 unspecified atom stereocenters. The number of hydrogen-bond donors (Lipinski definition) is 2. The smallest absolute Gasteiger partial charge is 0.242 e. The predicted molar refractivity (Wildman–Crippen MR) is 79.1 cm³/mol. The van der Waals surface area contributed by atoms with E-state index in [2.05, 4.69) is 5.32 Å². The van der Waals surface area contributed by atoms with Gasteiger partial charge in [-0.3, -0.25) is 10.1 Å². The molecule has 6 heteroatoms. The van der Waals surface area contributed by atoms with Gasteiger partial charge in [0.05, 0.1) is 0 Å². The number of halogens is 2. The predicted octanol–water partition coefficient (Wildman–Crippen LogP) is 3.03. The number of amides is 1. The van der Waals surface area contributed by atoms with Gasteiger partial charge in [0.15, 0.2) is 0 Å². The Labute approximate surface area is 125 Å². The average molecular weight is 313 g/mol. The Morgan fingerprint density at radius 3 is 2.80 bits per heavy atom.